The Balaban J connectivity index is 1.92. The van der Waals surface area contributed by atoms with E-state index in [1.54, 1.807) is 62.1 Å². The molecule has 0 amide bonds. The molecule has 5 nitrogen and oxygen atoms in total. The molecule has 1 heterocycles. The van der Waals surface area contributed by atoms with Crippen molar-refractivity contribution >= 4 is 28.3 Å². The first-order valence-electron chi connectivity index (χ1n) is 9.65. The molecule has 0 radical (unpaired) electrons. The quantitative estimate of drug-likeness (QED) is 0.507. The van der Waals surface area contributed by atoms with Gasteiger partial charge < -0.3 is 19.7 Å². The van der Waals surface area contributed by atoms with Gasteiger partial charge in [0.05, 0.1) is 31.2 Å². The molecular weight excluding hydrogens is 431 g/mol. The Kier molecular flexibility index (Phi) is 6.17. The van der Waals surface area contributed by atoms with Crippen molar-refractivity contribution in [2.24, 2.45) is 7.05 Å². The van der Waals surface area contributed by atoms with E-state index in [-0.39, 0.29) is 0 Å². The van der Waals surface area contributed by atoms with Gasteiger partial charge >= 0.3 is 6.18 Å². The first-order chi connectivity index (χ1) is 14.4. The van der Waals surface area contributed by atoms with E-state index in [1.807, 2.05) is 6.07 Å². The number of nitrogens with one attached hydrogen (secondary N) is 1. The van der Waals surface area contributed by atoms with Crippen LogP contribution in [0.1, 0.15) is 25.8 Å². The van der Waals surface area contributed by atoms with E-state index in [9.17, 15) is 18.3 Å². The van der Waals surface area contributed by atoms with Crippen LogP contribution in [-0.2, 0) is 12.5 Å². The number of halogens is 4. The lowest BCUT2D eigenvalue weighted by Crippen LogP contribution is -2.53. The second-order valence-corrected chi connectivity index (χ2v) is 8.75. The number of aliphatic hydroxyl groups is 1. The third-order valence-electron chi connectivity index (χ3n) is 5.48. The summed E-state index contributed by atoms with van der Waals surface area (Å²) >= 11 is 5.99. The van der Waals surface area contributed by atoms with Crippen LogP contribution in [-0.4, -0.2) is 40.1 Å². The molecule has 168 valence electrons. The van der Waals surface area contributed by atoms with Crippen molar-refractivity contribution in [3.05, 3.63) is 53.3 Å². The standard InChI is InChI=1S/C22H25ClF3N3O2/c1-20(2,15-9-8-14(23)10-18(15)31-4)11-21(30,22(24,25)26)12-27-16-6-5-7-17-19(16)28-13-29(17)3/h5-10,13,27,30H,11-12H2,1-4H3. The van der Waals surface area contributed by atoms with Crippen molar-refractivity contribution in [3.8, 4) is 5.75 Å². The molecule has 2 aromatic carbocycles. The Morgan fingerprint density at radius 3 is 2.55 bits per heavy atom. The molecule has 0 saturated heterocycles. The summed E-state index contributed by atoms with van der Waals surface area (Å²) in [6.07, 6.45) is -3.87. The molecule has 31 heavy (non-hydrogen) atoms. The van der Waals surface area contributed by atoms with Gasteiger partial charge in [0.1, 0.15) is 11.3 Å². The van der Waals surface area contributed by atoms with E-state index in [2.05, 4.69) is 10.3 Å². The van der Waals surface area contributed by atoms with Gasteiger partial charge in [-0.25, -0.2) is 4.98 Å². The van der Waals surface area contributed by atoms with Crippen molar-refractivity contribution in [2.75, 3.05) is 19.0 Å². The number of aromatic nitrogens is 2. The minimum Gasteiger partial charge on any atom is -0.496 e. The minimum atomic E-state index is -4.87. The maximum Gasteiger partial charge on any atom is 0.418 e. The van der Waals surface area contributed by atoms with Crippen molar-refractivity contribution in [3.63, 3.8) is 0 Å². The van der Waals surface area contributed by atoms with Gasteiger partial charge in [-0.3, -0.25) is 0 Å². The van der Waals surface area contributed by atoms with Crippen LogP contribution in [0.15, 0.2) is 42.7 Å². The number of benzene rings is 2. The van der Waals surface area contributed by atoms with Gasteiger partial charge in [-0.1, -0.05) is 37.6 Å². The number of nitrogens with zero attached hydrogens (tertiary/aromatic N) is 2. The number of imidazole rings is 1. The van der Waals surface area contributed by atoms with Crippen molar-refractivity contribution in [2.45, 2.75) is 37.5 Å². The first kappa shape index (κ1) is 23.2. The van der Waals surface area contributed by atoms with E-state index in [0.717, 1.165) is 5.52 Å². The van der Waals surface area contributed by atoms with E-state index >= 15 is 0 Å². The van der Waals surface area contributed by atoms with E-state index in [0.29, 0.717) is 27.5 Å². The summed E-state index contributed by atoms with van der Waals surface area (Å²) in [6.45, 7) is 2.54. The Morgan fingerprint density at radius 2 is 1.90 bits per heavy atom. The monoisotopic (exact) mass is 455 g/mol. The molecule has 0 aliphatic heterocycles. The highest BCUT2D eigenvalue weighted by molar-refractivity contribution is 6.30. The minimum absolute atomic E-state index is 0.369. The molecule has 1 unspecified atom stereocenters. The van der Waals surface area contributed by atoms with Crippen LogP contribution in [0.25, 0.3) is 11.0 Å². The van der Waals surface area contributed by atoms with Gasteiger partial charge in [0.2, 0.25) is 0 Å². The zero-order valence-electron chi connectivity index (χ0n) is 17.7. The zero-order valence-corrected chi connectivity index (χ0v) is 18.5. The van der Waals surface area contributed by atoms with Gasteiger partial charge in [0.15, 0.2) is 5.60 Å². The summed E-state index contributed by atoms with van der Waals surface area (Å²) in [5.41, 5.74) is -1.83. The topological polar surface area (TPSA) is 59.3 Å². The predicted octanol–water partition coefficient (Wildman–Crippen LogP) is 5.31. The molecular formula is C22H25ClF3N3O2. The van der Waals surface area contributed by atoms with Crippen LogP contribution >= 0.6 is 11.6 Å². The summed E-state index contributed by atoms with van der Waals surface area (Å²) < 4.78 is 49.3. The lowest BCUT2D eigenvalue weighted by molar-refractivity contribution is -0.260. The predicted molar refractivity (Wildman–Crippen MR) is 116 cm³/mol. The molecule has 1 aromatic heterocycles. The lowest BCUT2D eigenvalue weighted by Gasteiger charge is -2.38. The second-order valence-electron chi connectivity index (χ2n) is 8.32. The fourth-order valence-corrected chi connectivity index (χ4v) is 4.02. The fraction of sp³-hybridized carbons (Fsp3) is 0.409. The third kappa shape index (κ3) is 4.60. The van der Waals surface area contributed by atoms with Crippen molar-refractivity contribution in [1.29, 1.82) is 0 Å². The molecule has 9 heteroatoms. The Hall–Kier alpha value is -2.45. The summed E-state index contributed by atoms with van der Waals surface area (Å²) in [5, 5.41) is 14.0. The van der Waals surface area contributed by atoms with E-state index in [4.69, 9.17) is 16.3 Å². The summed E-state index contributed by atoms with van der Waals surface area (Å²) in [6, 6.07) is 9.94. The number of rotatable bonds is 7. The zero-order chi connectivity index (χ0) is 23.0. The van der Waals surface area contributed by atoms with E-state index in [1.165, 1.54) is 7.11 Å². The SMILES string of the molecule is COc1cc(Cl)ccc1C(C)(C)CC(O)(CNc1cccc2c1ncn2C)C(F)(F)F. The number of anilines is 1. The average Bonchev–Trinajstić information content (AvgIpc) is 3.06. The molecule has 0 spiro atoms. The molecule has 1 atom stereocenters. The molecule has 2 N–H and O–H groups in total. The summed E-state index contributed by atoms with van der Waals surface area (Å²) in [4.78, 5) is 4.24. The highest BCUT2D eigenvalue weighted by Gasteiger charge is 2.56. The number of alkyl halides is 3. The fourth-order valence-electron chi connectivity index (χ4n) is 3.86. The number of para-hydroxylation sites is 1. The summed E-state index contributed by atoms with van der Waals surface area (Å²) in [7, 11) is 3.23. The molecule has 0 saturated carbocycles. The van der Waals surface area contributed by atoms with Gasteiger partial charge in [-0.05, 0) is 41.7 Å². The van der Waals surface area contributed by atoms with Crippen LogP contribution in [0.3, 0.4) is 0 Å². The third-order valence-corrected chi connectivity index (χ3v) is 5.72. The van der Waals surface area contributed by atoms with Crippen LogP contribution < -0.4 is 10.1 Å². The maximum atomic E-state index is 14.1. The normalized spacial score (nSPS) is 14.5. The molecule has 0 fully saturated rings. The number of hydrogen-bond donors (Lipinski definition) is 2. The van der Waals surface area contributed by atoms with Gasteiger partial charge in [0.25, 0.3) is 0 Å². The Labute approximate surface area is 183 Å². The summed E-state index contributed by atoms with van der Waals surface area (Å²) in [5.74, 6) is 0.369. The Morgan fingerprint density at radius 1 is 1.19 bits per heavy atom. The maximum absolute atomic E-state index is 14.1. The van der Waals surface area contributed by atoms with Gasteiger partial charge in [-0.2, -0.15) is 13.2 Å². The number of fused-ring (bicyclic) bond motifs is 1. The average molecular weight is 456 g/mol. The molecule has 0 bridgehead atoms. The van der Waals surface area contributed by atoms with Gasteiger partial charge in [-0.15, -0.1) is 0 Å². The molecule has 0 aliphatic carbocycles. The number of methoxy groups -OCH3 is 1. The lowest BCUT2D eigenvalue weighted by atomic mass is 9.74. The van der Waals surface area contributed by atoms with Crippen LogP contribution in [0.2, 0.25) is 5.02 Å². The highest BCUT2D eigenvalue weighted by atomic mass is 35.5. The highest BCUT2D eigenvalue weighted by Crippen LogP contribution is 2.44. The van der Waals surface area contributed by atoms with Crippen LogP contribution in [0.5, 0.6) is 5.75 Å². The van der Waals surface area contributed by atoms with Gasteiger partial charge in [0, 0.05) is 12.1 Å². The van der Waals surface area contributed by atoms with Crippen LogP contribution in [0, 0.1) is 0 Å². The molecule has 0 aliphatic rings. The van der Waals surface area contributed by atoms with Crippen molar-refractivity contribution < 1.29 is 23.0 Å². The number of aryl methyl sites for hydroxylation is 1. The second kappa shape index (κ2) is 8.24. The Bertz CT molecular complexity index is 1080. The largest absolute Gasteiger partial charge is 0.496 e. The van der Waals surface area contributed by atoms with Crippen molar-refractivity contribution in [1.82, 2.24) is 9.55 Å². The van der Waals surface area contributed by atoms with E-state index < -0.39 is 30.2 Å². The smallest absolute Gasteiger partial charge is 0.418 e. The van der Waals surface area contributed by atoms with Crippen LogP contribution in [0.4, 0.5) is 18.9 Å². The first-order valence-corrected chi connectivity index (χ1v) is 10.0. The number of hydrogen-bond acceptors (Lipinski definition) is 4. The molecule has 3 aromatic rings. The molecule has 3 rings (SSSR count). The number of ether oxygens (including phenoxy) is 1.